The van der Waals surface area contributed by atoms with E-state index in [1.54, 1.807) is 23.1 Å². The van der Waals surface area contributed by atoms with Crippen molar-refractivity contribution in [2.75, 3.05) is 19.6 Å². The lowest BCUT2D eigenvalue weighted by Crippen LogP contribution is -2.48. The van der Waals surface area contributed by atoms with Gasteiger partial charge in [0.15, 0.2) is 0 Å². The number of hydrogen-bond acceptors (Lipinski definition) is 5. The Bertz CT molecular complexity index is 872. The molecule has 9 heteroatoms. The molecule has 0 aromatic heterocycles. The number of carbonyl (C=O) groups excluding carboxylic acids is 4. The van der Waals surface area contributed by atoms with Gasteiger partial charge in [-0.1, -0.05) is 15.9 Å². The monoisotopic (exact) mass is 479 g/mol. The van der Waals surface area contributed by atoms with Crippen LogP contribution in [0.3, 0.4) is 0 Å². The number of nitrogens with one attached hydrogen (secondary N) is 1. The highest BCUT2D eigenvalue weighted by molar-refractivity contribution is 9.10. The molecule has 1 saturated heterocycles. The maximum Gasteiger partial charge on any atom is 0.410 e. The third-order valence-corrected chi connectivity index (χ3v) is 5.50. The Morgan fingerprint density at radius 1 is 1.13 bits per heavy atom. The van der Waals surface area contributed by atoms with Crippen molar-refractivity contribution in [2.45, 2.75) is 51.7 Å². The molecule has 30 heavy (non-hydrogen) atoms. The van der Waals surface area contributed by atoms with Crippen LogP contribution in [0.4, 0.5) is 4.79 Å². The number of imide groups is 1. The second kappa shape index (κ2) is 8.75. The molecule has 162 valence electrons. The number of piperidine rings is 1. The molecule has 0 radical (unpaired) electrons. The number of rotatable bonds is 4. The zero-order chi connectivity index (χ0) is 22.1. The minimum Gasteiger partial charge on any atom is -0.444 e. The minimum atomic E-state index is -0.539. The van der Waals surface area contributed by atoms with Crippen molar-refractivity contribution in [3.63, 3.8) is 0 Å². The summed E-state index contributed by atoms with van der Waals surface area (Å²) in [6.45, 7) is 6.52. The molecule has 1 N–H and O–H groups in total. The molecule has 0 aliphatic carbocycles. The van der Waals surface area contributed by atoms with Gasteiger partial charge in [-0.3, -0.25) is 19.3 Å². The molecule has 0 bridgehead atoms. The molecule has 3 rings (SSSR count). The fourth-order valence-electron chi connectivity index (χ4n) is 3.51. The van der Waals surface area contributed by atoms with Crippen LogP contribution in [0.25, 0.3) is 0 Å². The van der Waals surface area contributed by atoms with Gasteiger partial charge in [0.1, 0.15) is 5.60 Å². The summed E-state index contributed by atoms with van der Waals surface area (Å²) in [4.78, 5) is 52.1. The Labute approximate surface area is 184 Å². The van der Waals surface area contributed by atoms with Crippen molar-refractivity contribution in [3.8, 4) is 0 Å². The van der Waals surface area contributed by atoms with E-state index < -0.39 is 5.60 Å². The van der Waals surface area contributed by atoms with E-state index in [1.165, 1.54) is 0 Å². The zero-order valence-corrected chi connectivity index (χ0v) is 19.0. The zero-order valence-electron chi connectivity index (χ0n) is 17.4. The molecule has 1 aromatic rings. The molecule has 0 unspecified atom stereocenters. The fraction of sp³-hybridized carbons (Fsp3) is 0.524. The van der Waals surface area contributed by atoms with Gasteiger partial charge in [0.05, 0.1) is 11.1 Å². The predicted octanol–water partition coefficient (Wildman–Crippen LogP) is 2.95. The standard InChI is InChI=1S/C21H26BrN3O5/c1-21(2,3)30-20(29)24-9-6-14(7-10-24)23-17(26)8-11-25-18(27)15-5-4-13(22)12-16(15)19(25)28/h4-5,12,14H,6-11H2,1-3H3,(H,23,26). The maximum absolute atomic E-state index is 12.5. The van der Waals surface area contributed by atoms with Crippen molar-refractivity contribution in [1.82, 2.24) is 15.1 Å². The number of amides is 4. The number of fused-ring (bicyclic) bond motifs is 1. The van der Waals surface area contributed by atoms with Crippen LogP contribution in [-0.2, 0) is 9.53 Å². The van der Waals surface area contributed by atoms with Gasteiger partial charge in [0.2, 0.25) is 5.91 Å². The average molecular weight is 480 g/mol. The normalized spacial score (nSPS) is 17.2. The molecule has 1 aromatic carbocycles. The van der Waals surface area contributed by atoms with E-state index >= 15 is 0 Å². The van der Waals surface area contributed by atoms with Crippen molar-refractivity contribution in [1.29, 1.82) is 0 Å². The molecular weight excluding hydrogens is 454 g/mol. The number of hydrogen-bond donors (Lipinski definition) is 1. The first-order valence-corrected chi connectivity index (χ1v) is 10.8. The highest BCUT2D eigenvalue weighted by atomic mass is 79.9. The van der Waals surface area contributed by atoms with Crippen LogP contribution in [0.15, 0.2) is 22.7 Å². The molecule has 2 aliphatic heterocycles. The van der Waals surface area contributed by atoms with Gasteiger partial charge in [-0.2, -0.15) is 0 Å². The van der Waals surface area contributed by atoms with Crippen molar-refractivity contribution >= 4 is 39.7 Å². The summed E-state index contributed by atoms with van der Waals surface area (Å²) in [5, 5.41) is 2.94. The van der Waals surface area contributed by atoms with Gasteiger partial charge >= 0.3 is 6.09 Å². The third-order valence-electron chi connectivity index (χ3n) is 5.01. The molecule has 1 fully saturated rings. The third kappa shape index (κ3) is 5.19. The highest BCUT2D eigenvalue weighted by Crippen LogP contribution is 2.26. The number of nitrogens with zero attached hydrogens (tertiary/aromatic N) is 2. The van der Waals surface area contributed by atoms with Crippen LogP contribution in [0, 0.1) is 0 Å². The van der Waals surface area contributed by atoms with Gasteiger partial charge < -0.3 is 15.0 Å². The van der Waals surface area contributed by atoms with Gasteiger partial charge in [0.25, 0.3) is 11.8 Å². The number of ether oxygens (including phenoxy) is 1. The van der Waals surface area contributed by atoms with Crippen LogP contribution in [0.2, 0.25) is 0 Å². The number of benzene rings is 1. The Morgan fingerprint density at radius 3 is 2.40 bits per heavy atom. The smallest absolute Gasteiger partial charge is 0.410 e. The second-order valence-electron chi connectivity index (χ2n) is 8.51. The van der Waals surface area contributed by atoms with Crippen LogP contribution in [0.1, 0.15) is 60.7 Å². The van der Waals surface area contributed by atoms with Crippen molar-refractivity contribution in [3.05, 3.63) is 33.8 Å². The molecule has 0 saturated carbocycles. The quantitative estimate of drug-likeness (QED) is 0.669. The summed E-state index contributed by atoms with van der Waals surface area (Å²) >= 11 is 3.30. The number of halogens is 1. The number of carbonyl (C=O) groups is 4. The Morgan fingerprint density at radius 2 is 1.77 bits per heavy atom. The Hall–Kier alpha value is -2.42. The van der Waals surface area contributed by atoms with Crippen LogP contribution in [0.5, 0.6) is 0 Å². The van der Waals surface area contributed by atoms with Crippen LogP contribution in [-0.4, -0.2) is 64.9 Å². The first-order chi connectivity index (χ1) is 14.0. The minimum absolute atomic E-state index is 0.0343. The van der Waals surface area contributed by atoms with E-state index in [0.29, 0.717) is 37.1 Å². The van der Waals surface area contributed by atoms with E-state index in [-0.39, 0.29) is 42.8 Å². The lowest BCUT2D eigenvalue weighted by Gasteiger charge is -2.33. The summed E-state index contributed by atoms with van der Waals surface area (Å²) < 4.78 is 6.09. The molecule has 0 atom stereocenters. The number of likely N-dealkylation sites (tertiary alicyclic amines) is 1. The van der Waals surface area contributed by atoms with Crippen molar-refractivity contribution < 1.29 is 23.9 Å². The van der Waals surface area contributed by atoms with E-state index in [9.17, 15) is 19.2 Å². The highest BCUT2D eigenvalue weighted by Gasteiger charge is 2.35. The van der Waals surface area contributed by atoms with E-state index in [0.717, 1.165) is 9.37 Å². The van der Waals surface area contributed by atoms with Gasteiger partial charge in [-0.05, 0) is 51.8 Å². The summed E-state index contributed by atoms with van der Waals surface area (Å²) in [6, 6.07) is 4.89. The summed E-state index contributed by atoms with van der Waals surface area (Å²) in [5.74, 6) is -0.973. The topological polar surface area (TPSA) is 96.0 Å². The second-order valence-corrected chi connectivity index (χ2v) is 9.43. The van der Waals surface area contributed by atoms with Gasteiger partial charge in [-0.25, -0.2) is 4.79 Å². The lowest BCUT2D eigenvalue weighted by molar-refractivity contribution is -0.122. The largest absolute Gasteiger partial charge is 0.444 e. The SMILES string of the molecule is CC(C)(C)OC(=O)N1CCC(NC(=O)CCN2C(=O)c3ccc(Br)cc3C2=O)CC1. The van der Waals surface area contributed by atoms with Gasteiger partial charge in [0, 0.05) is 36.6 Å². The van der Waals surface area contributed by atoms with Crippen molar-refractivity contribution in [2.24, 2.45) is 0 Å². The Balaban J connectivity index is 1.45. The van der Waals surface area contributed by atoms with E-state index in [1.807, 2.05) is 20.8 Å². The molecule has 2 heterocycles. The summed E-state index contributed by atoms with van der Waals surface area (Å²) in [5.41, 5.74) is 0.171. The molecule has 8 nitrogen and oxygen atoms in total. The van der Waals surface area contributed by atoms with Crippen LogP contribution >= 0.6 is 15.9 Å². The predicted molar refractivity (Wildman–Crippen MR) is 113 cm³/mol. The average Bonchev–Trinajstić information content (AvgIpc) is 2.89. The molecular formula is C21H26BrN3O5. The van der Waals surface area contributed by atoms with Gasteiger partial charge in [-0.15, -0.1) is 0 Å². The summed E-state index contributed by atoms with van der Waals surface area (Å²) in [6.07, 6.45) is 0.960. The Kier molecular flexibility index (Phi) is 6.50. The summed E-state index contributed by atoms with van der Waals surface area (Å²) in [7, 11) is 0. The van der Waals surface area contributed by atoms with E-state index in [4.69, 9.17) is 4.74 Å². The first kappa shape index (κ1) is 22.3. The molecule has 0 spiro atoms. The van der Waals surface area contributed by atoms with Crippen LogP contribution < -0.4 is 5.32 Å². The molecule has 2 aliphatic rings. The lowest BCUT2D eigenvalue weighted by atomic mass is 10.1. The van der Waals surface area contributed by atoms with E-state index in [2.05, 4.69) is 21.2 Å². The maximum atomic E-state index is 12.5. The first-order valence-electron chi connectivity index (χ1n) is 9.98. The molecule has 4 amide bonds. The fourth-order valence-corrected chi connectivity index (χ4v) is 3.87.